The van der Waals surface area contributed by atoms with E-state index < -0.39 is 5.60 Å². The highest BCUT2D eigenvalue weighted by molar-refractivity contribution is 14.0. The van der Waals surface area contributed by atoms with Crippen molar-refractivity contribution in [1.82, 2.24) is 15.5 Å². The van der Waals surface area contributed by atoms with Gasteiger partial charge < -0.3 is 20.5 Å². The minimum Gasteiger partial charge on any atom is -0.387 e. The highest BCUT2D eigenvalue weighted by atomic mass is 127. The molecule has 0 spiro atoms. The van der Waals surface area contributed by atoms with E-state index in [1.54, 1.807) is 0 Å². The fourth-order valence-corrected chi connectivity index (χ4v) is 5.11. The molecule has 2 rings (SSSR count). The van der Waals surface area contributed by atoms with Gasteiger partial charge in [0, 0.05) is 38.0 Å². The number of aliphatic imine (C=N–C) groups is 1. The highest BCUT2D eigenvalue weighted by Crippen LogP contribution is 2.27. The Bertz CT molecular complexity index is 426. The first-order valence-corrected chi connectivity index (χ1v) is 11.4. The maximum absolute atomic E-state index is 10.5. The Kier molecular flexibility index (Phi) is 12.6. The van der Waals surface area contributed by atoms with Crippen LogP contribution in [0.15, 0.2) is 4.99 Å². The predicted octanol–water partition coefficient (Wildman–Crippen LogP) is 2.16. The summed E-state index contributed by atoms with van der Waals surface area (Å²) in [6, 6.07) is 0.489. The van der Waals surface area contributed by atoms with E-state index in [-0.39, 0.29) is 24.0 Å². The standard InChI is InChI=1S/C19H38N4O2S.HI/c1-4-16(5-2)17(23-8-10-25-11-9-23)13-21-18(20-6-3)22-14-19(24)7-12-26-15-19;/h16-17,24H,4-15H2,1-3H3,(H2,20,21,22);1H. The van der Waals surface area contributed by atoms with Crippen LogP contribution in [0.25, 0.3) is 0 Å². The van der Waals surface area contributed by atoms with E-state index in [9.17, 15) is 5.11 Å². The van der Waals surface area contributed by atoms with Gasteiger partial charge in [-0.2, -0.15) is 11.8 Å². The maximum atomic E-state index is 10.5. The number of nitrogens with one attached hydrogen (secondary N) is 2. The molecule has 0 aromatic carbocycles. The topological polar surface area (TPSA) is 69.1 Å². The molecule has 0 bridgehead atoms. The molecule has 160 valence electrons. The Labute approximate surface area is 186 Å². The number of nitrogens with zero attached hydrogens (tertiary/aromatic N) is 2. The SMILES string of the molecule is CCNC(=NCC1(O)CCSC1)NCC(C(CC)CC)N1CCOCC1.I. The van der Waals surface area contributed by atoms with E-state index >= 15 is 0 Å². The van der Waals surface area contributed by atoms with Crippen LogP contribution >= 0.6 is 35.7 Å². The fourth-order valence-electron chi connectivity index (χ4n) is 3.83. The van der Waals surface area contributed by atoms with Crippen LogP contribution in [-0.2, 0) is 4.74 Å². The quantitative estimate of drug-likeness (QED) is 0.249. The summed E-state index contributed by atoms with van der Waals surface area (Å²) < 4.78 is 5.54. The molecule has 2 aliphatic heterocycles. The molecule has 2 fully saturated rings. The third kappa shape index (κ3) is 8.24. The van der Waals surface area contributed by atoms with Crippen molar-refractivity contribution >= 4 is 41.7 Å². The van der Waals surface area contributed by atoms with E-state index in [0.717, 1.165) is 63.3 Å². The van der Waals surface area contributed by atoms with Crippen molar-refractivity contribution in [2.75, 3.05) is 57.4 Å². The zero-order valence-corrected chi connectivity index (χ0v) is 20.4. The second-order valence-electron chi connectivity index (χ2n) is 7.40. The molecular weight excluding hydrogens is 475 g/mol. The molecule has 0 radical (unpaired) electrons. The monoisotopic (exact) mass is 514 g/mol. The second-order valence-corrected chi connectivity index (χ2v) is 8.50. The summed E-state index contributed by atoms with van der Waals surface area (Å²) in [4.78, 5) is 7.25. The normalized spacial score (nSPS) is 25.3. The van der Waals surface area contributed by atoms with Crippen LogP contribution < -0.4 is 10.6 Å². The van der Waals surface area contributed by atoms with Gasteiger partial charge in [0.2, 0.25) is 0 Å². The number of rotatable bonds is 9. The van der Waals surface area contributed by atoms with E-state index in [0.29, 0.717) is 18.5 Å². The lowest BCUT2D eigenvalue weighted by atomic mass is 9.92. The third-order valence-electron chi connectivity index (χ3n) is 5.54. The molecule has 2 aliphatic rings. The largest absolute Gasteiger partial charge is 0.387 e. The van der Waals surface area contributed by atoms with Crippen molar-refractivity contribution in [3.63, 3.8) is 0 Å². The van der Waals surface area contributed by atoms with Gasteiger partial charge in [0.15, 0.2) is 5.96 Å². The number of thioether (sulfide) groups is 1. The molecule has 0 saturated carbocycles. The number of aliphatic hydroxyl groups is 1. The molecule has 27 heavy (non-hydrogen) atoms. The molecular formula is C19H39IN4O2S. The van der Waals surface area contributed by atoms with Gasteiger partial charge in [0.05, 0.1) is 25.4 Å². The van der Waals surface area contributed by atoms with Gasteiger partial charge >= 0.3 is 0 Å². The maximum Gasteiger partial charge on any atom is 0.191 e. The summed E-state index contributed by atoms with van der Waals surface area (Å²) in [6.07, 6.45) is 3.21. The van der Waals surface area contributed by atoms with Crippen molar-refractivity contribution in [3.8, 4) is 0 Å². The summed E-state index contributed by atoms with van der Waals surface area (Å²) in [5.74, 6) is 3.31. The average molecular weight is 515 g/mol. The predicted molar refractivity (Wildman–Crippen MR) is 127 cm³/mol. The van der Waals surface area contributed by atoms with Crippen molar-refractivity contribution < 1.29 is 9.84 Å². The minimum absolute atomic E-state index is 0. The molecule has 2 atom stereocenters. The van der Waals surface area contributed by atoms with Crippen LogP contribution in [0, 0.1) is 5.92 Å². The zero-order chi connectivity index (χ0) is 18.8. The summed E-state index contributed by atoms with van der Waals surface area (Å²) in [7, 11) is 0. The molecule has 8 heteroatoms. The van der Waals surface area contributed by atoms with E-state index in [4.69, 9.17) is 4.74 Å². The van der Waals surface area contributed by atoms with E-state index in [2.05, 4.69) is 41.3 Å². The molecule has 0 aromatic rings. The van der Waals surface area contributed by atoms with Gasteiger partial charge in [-0.15, -0.1) is 24.0 Å². The summed E-state index contributed by atoms with van der Waals surface area (Å²) in [5, 5.41) is 17.4. The first-order chi connectivity index (χ1) is 12.6. The molecule has 0 amide bonds. The first-order valence-electron chi connectivity index (χ1n) is 10.3. The third-order valence-corrected chi connectivity index (χ3v) is 6.78. The molecule has 2 unspecified atom stereocenters. The van der Waals surface area contributed by atoms with Crippen molar-refractivity contribution in [2.45, 2.75) is 51.7 Å². The van der Waals surface area contributed by atoms with Gasteiger partial charge in [-0.1, -0.05) is 26.7 Å². The Morgan fingerprint density at radius 2 is 1.93 bits per heavy atom. The highest BCUT2D eigenvalue weighted by Gasteiger charge is 2.32. The Hall–Kier alpha value is 0.230. The van der Waals surface area contributed by atoms with Crippen molar-refractivity contribution in [1.29, 1.82) is 0 Å². The zero-order valence-electron chi connectivity index (χ0n) is 17.2. The summed E-state index contributed by atoms with van der Waals surface area (Å²) in [5.41, 5.74) is -0.633. The smallest absolute Gasteiger partial charge is 0.191 e. The Morgan fingerprint density at radius 3 is 2.48 bits per heavy atom. The lowest BCUT2D eigenvalue weighted by Crippen LogP contribution is -2.53. The molecule has 3 N–H and O–H groups in total. The van der Waals surface area contributed by atoms with E-state index in [1.807, 2.05) is 11.8 Å². The molecule has 2 saturated heterocycles. The van der Waals surface area contributed by atoms with Gasteiger partial charge in [-0.25, -0.2) is 0 Å². The summed E-state index contributed by atoms with van der Waals surface area (Å²) in [6.45, 7) is 12.5. The van der Waals surface area contributed by atoms with Crippen LogP contribution in [0.4, 0.5) is 0 Å². The molecule has 0 aliphatic carbocycles. The lowest BCUT2D eigenvalue weighted by Gasteiger charge is -2.39. The van der Waals surface area contributed by atoms with Crippen molar-refractivity contribution in [2.24, 2.45) is 10.9 Å². The van der Waals surface area contributed by atoms with Crippen LogP contribution in [0.5, 0.6) is 0 Å². The number of hydrogen-bond donors (Lipinski definition) is 3. The lowest BCUT2D eigenvalue weighted by molar-refractivity contribution is 0.00270. The number of morpholine rings is 1. The fraction of sp³-hybridized carbons (Fsp3) is 0.947. The second kappa shape index (κ2) is 13.5. The molecule has 0 aromatic heterocycles. The van der Waals surface area contributed by atoms with Crippen LogP contribution in [-0.4, -0.2) is 85.1 Å². The van der Waals surface area contributed by atoms with Gasteiger partial charge in [-0.05, 0) is 25.0 Å². The Morgan fingerprint density at radius 1 is 1.22 bits per heavy atom. The minimum atomic E-state index is -0.633. The molecule has 6 nitrogen and oxygen atoms in total. The number of ether oxygens (including phenoxy) is 1. The molecule has 2 heterocycles. The van der Waals surface area contributed by atoms with Gasteiger partial charge in [-0.3, -0.25) is 9.89 Å². The van der Waals surface area contributed by atoms with Gasteiger partial charge in [0.25, 0.3) is 0 Å². The summed E-state index contributed by atoms with van der Waals surface area (Å²) >= 11 is 1.81. The van der Waals surface area contributed by atoms with Crippen LogP contribution in [0.3, 0.4) is 0 Å². The number of halogens is 1. The van der Waals surface area contributed by atoms with Gasteiger partial charge in [0.1, 0.15) is 0 Å². The Balaban J connectivity index is 0.00000364. The average Bonchev–Trinajstić information content (AvgIpc) is 3.10. The first kappa shape index (κ1) is 25.3. The number of guanidine groups is 1. The number of hydrogen-bond acceptors (Lipinski definition) is 5. The van der Waals surface area contributed by atoms with E-state index in [1.165, 1.54) is 12.8 Å². The van der Waals surface area contributed by atoms with Crippen molar-refractivity contribution in [3.05, 3.63) is 0 Å². The van der Waals surface area contributed by atoms with Crippen LogP contribution in [0.2, 0.25) is 0 Å². The van der Waals surface area contributed by atoms with Crippen LogP contribution in [0.1, 0.15) is 40.0 Å².